The van der Waals surface area contributed by atoms with E-state index in [1.165, 1.54) is 0 Å². The number of nitrogens with zero attached hydrogens (tertiary/aromatic N) is 4. The maximum Gasteiger partial charge on any atom is 0.321 e. The van der Waals surface area contributed by atoms with Crippen molar-refractivity contribution in [3.05, 3.63) is 0 Å². The maximum absolute atomic E-state index is 11.6. The maximum atomic E-state index is 11.6. The summed E-state index contributed by atoms with van der Waals surface area (Å²) in [4.78, 5) is 51.8. The van der Waals surface area contributed by atoms with Gasteiger partial charge in [-0.25, -0.2) is 0 Å². The van der Waals surface area contributed by atoms with Gasteiger partial charge in [-0.1, -0.05) is 0 Å². The Morgan fingerprint density at radius 2 is 1.10 bits per heavy atom. The van der Waals surface area contributed by atoms with Crippen molar-refractivity contribution in [2.24, 2.45) is 0 Å². The fourth-order valence-corrected chi connectivity index (χ4v) is 3.16. The largest absolute Gasteiger partial charge is 0.481 e. The SMILES string of the molecule is CN1CCN(CC(=O)O)CCN(CC(=O)O)CCN(C(CC(=O)O)C(=O)O)CC1. The lowest BCUT2D eigenvalue weighted by Crippen LogP contribution is -2.51. The van der Waals surface area contributed by atoms with Crippen LogP contribution in [0.25, 0.3) is 0 Å². The molecule has 4 N–H and O–H groups in total. The third-order valence-electron chi connectivity index (χ3n) is 4.81. The van der Waals surface area contributed by atoms with E-state index in [1.54, 1.807) is 14.7 Å². The van der Waals surface area contributed by atoms with Crippen LogP contribution in [0.1, 0.15) is 6.42 Å². The highest BCUT2D eigenvalue weighted by Crippen LogP contribution is 2.08. The van der Waals surface area contributed by atoms with E-state index in [0.717, 1.165) is 0 Å². The van der Waals surface area contributed by atoms with Crippen molar-refractivity contribution in [2.45, 2.75) is 12.5 Å². The first-order valence-corrected chi connectivity index (χ1v) is 9.34. The Balaban J connectivity index is 2.97. The summed E-state index contributed by atoms with van der Waals surface area (Å²) in [5, 5.41) is 36.7. The van der Waals surface area contributed by atoms with Gasteiger partial charge in [-0.2, -0.15) is 0 Å². The Hall–Kier alpha value is -2.28. The van der Waals surface area contributed by atoms with Gasteiger partial charge in [0.1, 0.15) is 6.04 Å². The minimum absolute atomic E-state index is 0.152. The van der Waals surface area contributed by atoms with E-state index in [4.69, 9.17) is 15.3 Å². The van der Waals surface area contributed by atoms with Gasteiger partial charge >= 0.3 is 23.9 Å². The van der Waals surface area contributed by atoms with Crippen LogP contribution in [0.4, 0.5) is 0 Å². The first-order chi connectivity index (χ1) is 13.6. The van der Waals surface area contributed by atoms with E-state index in [9.17, 15) is 24.3 Å². The normalized spacial score (nSPS) is 20.3. The fraction of sp³-hybridized carbons (Fsp3) is 0.765. The molecule has 1 atom stereocenters. The molecule has 1 fully saturated rings. The average molecular weight is 418 g/mol. The van der Waals surface area contributed by atoms with Crippen molar-refractivity contribution in [1.29, 1.82) is 0 Å². The number of hydrogen-bond donors (Lipinski definition) is 4. The van der Waals surface area contributed by atoms with Gasteiger partial charge in [0, 0.05) is 52.4 Å². The molecule has 0 aromatic rings. The van der Waals surface area contributed by atoms with Crippen molar-refractivity contribution < 1.29 is 39.6 Å². The molecule has 0 saturated carbocycles. The molecule has 12 nitrogen and oxygen atoms in total. The molecule has 0 radical (unpaired) electrons. The zero-order chi connectivity index (χ0) is 22.0. The van der Waals surface area contributed by atoms with Crippen LogP contribution in [0.2, 0.25) is 0 Å². The van der Waals surface area contributed by atoms with E-state index in [-0.39, 0.29) is 26.2 Å². The molecule has 1 heterocycles. The number of hydrogen-bond acceptors (Lipinski definition) is 8. The molecule has 0 aliphatic carbocycles. The molecule has 1 saturated heterocycles. The molecule has 166 valence electrons. The Morgan fingerprint density at radius 3 is 1.55 bits per heavy atom. The van der Waals surface area contributed by atoms with Crippen LogP contribution in [0.5, 0.6) is 0 Å². The van der Waals surface area contributed by atoms with Crippen LogP contribution in [0.3, 0.4) is 0 Å². The molecule has 0 spiro atoms. The summed E-state index contributed by atoms with van der Waals surface area (Å²) in [6.45, 7) is 2.39. The van der Waals surface area contributed by atoms with E-state index in [1.807, 2.05) is 11.9 Å². The molecular formula is C17H30N4O8. The average Bonchev–Trinajstić information content (AvgIpc) is 2.59. The van der Waals surface area contributed by atoms with Crippen LogP contribution in [0, 0.1) is 0 Å². The molecule has 29 heavy (non-hydrogen) atoms. The summed E-state index contributed by atoms with van der Waals surface area (Å²) < 4.78 is 0. The van der Waals surface area contributed by atoms with E-state index in [0.29, 0.717) is 39.3 Å². The highest BCUT2D eigenvalue weighted by Gasteiger charge is 2.29. The van der Waals surface area contributed by atoms with Crippen molar-refractivity contribution in [3.8, 4) is 0 Å². The van der Waals surface area contributed by atoms with Crippen molar-refractivity contribution >= 4 is 23.9 Å². The lowest BCUT2D eigenvalue weighted by atomic mass is 10.1. The Morgan fingerprint density at radius 1 is 0.690 bits per heavy atom. The summed E-state index contributed by atoms with van der Waals surface area (Å²) in [6, 6.07) is -1.21. The second-order valence-electron chi connectivity index (χ2n) is 7.13. The topological polar surface area (TPSA) is 162 Å². The Bertz CT molecular complexity index is 588. The number of carboxylic acids is 4. The van der Waals surface area contributed by atoms with Gasteiger partial charge in [0.05, 0.1) is 19.5 Å². The van der Waals surface area contributed by atoms with Crippen molar-refractivity contribution in [2.75, 3.05) is 72.5 Å². The van der Waals surface area contributed by atoms with Gasteiger partial charge < -0.3 is 25.3 Å². The number of likely N-dealkylation sites (N-methyl/N-ethyl adjacent to an activating group) is 1. The second-order valence-corrected chi connectivity index (χ2v) is 7.13. The van der Waals surface area contributed by atoms with Crippen molar-refractivity contribution in [3.63, 3.8) is 0 Å². The number of aliphatic carboxylic acids is 4. The van der Waals surface area contributed by atoms with Gasteiger partial charge in [-0.15, -0.1) is 0 Å². The minimum Gasteiger partial charge on any atom is -0.481 e. The zero-order valence-corrected chi connectivity index (χ0v) is 16.6. The first kappa shape index (κ1) is 24.8. The smallest absolute Gasteiger partial charge is 0.321 e. The molecule has 12 heteroatoms. The molecule has 1 rings (SSSR count). The quantitative estimate of drug-likeness (QED) is 0.341. The molecule has 0 amide bonds. The molecule has 1 aliphatic heterocycles. The number of carboxylic acid groups (broad SMARTS) is 4. The molecule has 0 aromatic heterocycles. The lowest BCUT2D eigenvalue weighted by molar-refractivity contribution is -0.150. The standard InChI is InChI=1S/C17H30N4O8/c1-18-2-4-19(11-15(24)25)5-6-20(12-16(26)27)7-9-21(8-3-18)13(17(28)29)10-14(22)23/h13H,2-12H2,1H3,(H,22,23)(H,24,25)(H,26,27)(H,28,29). The van der Waals surface area contributed by atoms with Gasteiger partial charge in [-0.3, -0.25) is 33.9 Å². The van der Waals surface area contributed by atoms with E-state index in [2.05, 4.69) is 0 Å². The summed E-state index contributed by atoms with van der Waals surface area (Å²) in [6.07, 6.45) is -0.551. The lowest BCUT2D eigenvalue weighted by Gasteiger charge is -2.34. The minimum atomic E-state index is -1.24. The highest BCUT2D eigenvalue weighted by molar-refractivity contribution is 5.80. The molecule has 0 aromatic carbocycles. The fourth-order valence-electron chi connectivity index (χ4n) is 3.16. The molecule has 0 bridgehead atoms. The molecule has 1 unspecified atom stereocenters. The summed E-state index contributed by atoms with van der Waals surface area (Å²) in [5.74, 6) is -4.47. The predicted octanol–water partition coefficient (Wildman–Crippen LogP) is -2.07. The number of rotatable bonds is 8. The van der Waals surface area contributed by atoms with Gasteiger partial charge in [0.2, 0.25) is 0 Å². The summed E-state index contributed by atoms with van der Waals surface area (Å²) in [5.41, 5.74) is 0. The highest BCUT2D eigenvalue weighted by atomic mass is 16.4. The van der Waals surface area contributed by atoms with Crippen LogP contribution in [-0.4, -0.2) is 142 Å². The van der Waals surface area contributed by atoms with Gasteiger partial charge in [0.25, 0.3) is 0 Å². The van der Waals surface area contributed by atoms with E-state index >= 15 is 0 Å². The second kappa shape index (κ2) is 12.3. The van der Waals surface area contributed by atoms with Crippen LogP contribution < -0.4 is 0 Å². The Labute approximate surface area is 168 Å². The molecule has 1 aliphatic rings. The van der Waals surface area contributed by atoms with Crippen molar-refractivity contribution in [1.82, 2.24) is 19.6 Å². The third kappa shape index (κ3) is 10.2. The summed E-state index contributed by atoms with van der Waals surface area (Å²) in [7, 11) is 1.83. The van der Waals surface area contributed by atoms with Crippen LogP contribution >= 0.6 is 0 Å². The van der Waals surface area contributed by atoms with E-state index < -0.39 is 36.3 Å². The Kier molecular flexibility index (Phi) is 10.5. The third-order valence-corrected chi connectivity index (χ3v) is 4.81. The van der Waals surface area contributed by atoms with Crippen LogP contribution in [-0.2, 0) is 19.2 Å². The van der Waals surface area contributed by atoms with Crippen LogP contribution in [0.15, 0.2) is 0 Å². The summed E-state index contributed by atoms with van der Waals surface area (Å²) >= 11 is 0. The molecular weight excluding hydrogens is 388 g/mol. The number of carbonyl (C=O) groups is 4. The first-order valence-electron chi connectivity index (χ1n) is 9.34. The van der Waals surface area contributed by atoms with Gasteiger partial charge in [0.15, 0.2) is 0 Å². The van der Waals surface area contributed by atoms with Gasteiger partial charge in [-0.05, 0) is 7.05 Å². The monoisotopic (exact) mass is 418 g/mol. The zero-order valence-electron chi connectivity index (χ0n) is 16.6. The predicted molar refractivity (Wildman–Crippen MR) is 101 cm³/mol.